The van der Waals surface area contributed by atoms with Crippen LogP contribution in [0, 0.1) is 0 Å². The highest BCUT2D eigenvalue weighted by Gasteiger charge is 2.37. The monoisotopic (exact) mass is 309 g/mol. The fraction of sp³-hybridized carbons (Fsp3) is 0.647. The van der Waals surface area contributed by atoms with Gasteiger partial charge in [0.05, 0.1) is 0 Å². The van der Waals surface area contributed by atoms with Crippen LogP contribution in [-0.4, -0.2) is 27.3 Å². The number of benzene rings is 1. The first kappa shape index (κ1) is 18.2. The lowest BCUT2D eigenvalue weighted by atomic mass is 10.3. The van der Waals surface area contributed by atoms with Crippen molar-refractivity contribution >= 4 is 14.2 Å². The molecule has 0 aliphatic rings. The molecule has 0 amide bonds. The van der Waals surface area contributed by atoms with Crippen LogP contribution in [0.4, 0.5) is 5.69 Å². The van der Waals surface area contributed by atoms with E-state index in [1.807, 2.05) is 6.07 Å². The molecule has 0 bridgehead atoms. The molecule has 0 unspecified atom stereocenters. The van der Waals surface area contributed by atoms with Gasteiger partial charge in [0.2, 0.25) is 0 Å². The van der Waals surface area contributed by atoms with E-state index in [-0.39, 0.29) is 12.2 Å². The zero-order chi connectivity index (χ0) is 15.7. The zero-order valence-corrected chi connectivity index (χ0v) is 15.2. The summed E-state index contributed by atoms with van der Waals surface area (Å²) in [7, 11) is -2.07. The summed E-state index contributed by atoms with van der Waals surface area (Å²) in [5, 5.41) is 3.46. The van der Waals surface area contributed by atoms with Crippen LogP contribution >= 0.6 is 0 Å². The van der Waals surface area contributed by atoms with E-state index in [2.05, 4.69) is 64.2 Å². The second-order valence-corrected chi connectivity index (χ2v) is 9.49. The van der Waals surface area contributed by atoms with Gasteiger partial charge in [-0.25, -0.2) is 0 Å². The Kier molecular flexibility index (Phi) is 8.00. The number of para-hydroxylation sites is 1. The van der Waals surface area contributed by atoms with Gasteiger partial charge in [-0.2, -0.15) is 0 Å². The Hall–Kier alpha value is -0.843. The molecule has 1 aromatic rings. The van der Waals surface area contributed by atoms with Crippen molar-refractivity contribution in [1.29, 1.82) is 0 Å². The second-order valence-electron chi connectivity index (χ2n) is 5.99. The van der Waals surface area contributed by atoms with Gasteiger partial charge in [-0.05, 0) is 58.3 Å². The fourth-order valence-electron chi connectivity index (χ4n) is 2.49. The normalized spacial score (nSPS) is 12.1. The van der Waals surface area contributed by atoms with Crippen molar-refractivity contribution in [1.82, 2.24) is 0 Å². The third-order valence-corrected chi connectivity index (χ3v) is 7.27. The first-order valence-corrected chi connectivity index (χ1v) is 10.3. The van der Waals surface area contributed by atoms with Gasteiger partial charge in [-0.3, -0.25) is 0 Å². The first-order chi connectivity index (χ1) is 9.97. The standard InChI is InChI=1S/C17H31NO2Si/c1-6-21(19-15(2)3,20-16(4)5)14-10-13-18-17-11-8-7-9-12-17/h7-9,11-12,15-16,18H,6,10,13-14H2,1-5H3. The zero-order valence-electron chi connectivity index (χ0n) is 14.2. The number of hydrogen-bond donors (Lipinski definition) is 1. The second kappa shape index (κ2) is 9.23. The molecule has 3 nitrogen and oxygen atoms in total. The molecule has 0 aliphatic carbocycles. The van der Waals surface area contributed by atoms with Crippen LogP contribution in [0.3, 0.4) is 0 Å². The van der Waals surface area contributed by atoms with Gasteiger partial charge >= 0.3 is 8.56 Å². The molecule has 1 aromatic carbocycles. The Morgan fingerprint density at radius 2 is 1.57 bits per heavy atom. The Morgan fingerprint density at radius 3 is 2.05 bits per heavy atom. The van der Waals surface area contributed by atoms with Gasteiger partial charge in [0.15, 0.2) is 0 Å². The SMILES string of the molecule is CC[Si](CCCNc1ccccc1)(OC(C)C)OC(C)C. The lowest BCUT2D eigenvalue weighted by Gasteiger charge is -2.33. The minimum atomic E-state index is -2.07. The third-order valence-electron chi connectivity index (χ3n) is 3.28. The van der Waals surface area contributed by atoms with E-state index in [1.54, 1.807) is 0 Å². The van der Waals surface area contributed by atoms with Crippen LogP contribution in [0.1, 0.15) is 41.0 Å². The summed E-state index contributed by atoms with van der Waals surface area (Å²) in [6.07, 6.45) is 1.55. The highest BCUT2D eigenvalue weighted by molar-refractivity contribution is 6.67. The quantitative estimate of drug-likeness (QED) is 0.497. The molecule has 0 fully saturated rings. The molecule has 1 rings (SSSR count). The smallest absolute Gasteiger partial charge is 0.338 e. The molecule has 21 heavy (non-hydrogen) atoms. The predicted molar refractivity (Wildman–Crippen MR) is 93.0 cm³/mol. The largest absolute Gasteiger partial charge is 0.392 e. The summed E-state index contributed by atoms with van der Waals surface area (Å²) in [6, 6.07) is 12.4. The third kappa shape index (κ3) is 7.11. The van der Waals surface area contributed by atoms with Crippen LogP contribution in [0.2, 0.25) is 12.1 Å². The summed E-state index contributed by atoms with van der Waals surface area (Å²) < 4.78 is 12.5. The van der Waals surface area contributed by atoms with E-state index < -0.39 is 8.56 Å². The number of hydrogen-bond acceptors (Lipinski definition) is 3. The average molecular weight is 310 g/mol. The van der Waals surface area contributed by atoms with Gasteiger partial charge in [-0.15, -0.1) is 0 Å². The fourth-order valence-corrected chi connectivity index (χ4v) is 5.91. The van der Waals surface area contributed by atoms with Crippen molar-refractivity contribution in [2.24, 2.45) is 0 Å². The van der Waals surface area contributed by atoms with Crippen molar-refractivity contribution in [2.75, 3.05) is 11.9 Å². The van der Waals surface area contributed by atoms with E-state index in [0.29, 0.717) is 0 Å². The van der Waals surface area contributed by atoms with E-state index in [9.17, 15) is 0 Å². The average Bonchev–Trinajstić information content (AvgIpc) is 2.43. The molecule has 0 aliphatic heterocycles. The van der Waals surface area contributed by atoms with Gasteiger partial charge in [0.25, 0.3) is 0 Å². The lowest BCUT2D eigenvalue weighted by molar-refractivity contribution is 0.105. The minimum absolute atomic E-state index is 0.234. The van der Waals surface area contributed by atoms with Gasteiger partial charge in [0.1, 0.15) is 0 Å². The number of anilines is 1. The van der Waals surface area contributed by atoms with Crippen LogP contribution < -0.4 is 5.32 Å². The van der Waals surface area contributed by atoms with Crippen LogP contribution in [-0.2, 0) is 8.85 Å². The maximum atomic E-state index is 6.24. The molecular formula is C17H31NO2Si. The van der Waals surface area contributed by atoms with Crippen molar-refractivity contribution < 1.29 is 8.85 Å². The van der Waals surface area contributed by atoms with Crippen molar-refractivity contribution in [3.63, 3.8) is 0 Å². The van der Waals surface area contributed by atoms with Crippen LogP contribution in [0.5, 0.6) is 0 Å². The molecule has 0 heterocycles. The topological polar surface area (TPSA) is 30.5 Å². The number of nitrogens with one attached hydrogen (secondary N) is 1. The summed E-state index contributed by atoms with van der Waals surface area (Å²) in [5.74, 6) is 0. The molecule has 0 atom stereocenters. The highest BCUT2D eigenvalue weighted by Crippen LogP contribution is 2.24. The molecule has 0 saturated carbocycles. The first-order valence-electron chi connectivity index (χ1n) is 8.12. The van der Waals surface area contributed by atoms with E-state index in [4.69, 9.17) is 8.85 Å². The Labute approximate surface area is 131 Å². The van der Waals surface area contributed by atoms with Crippen molar-refractivity contribution in [2.45, 2.75) is 65.3 Å². The summed E-state index contributed by atoms with van der Waals surface area (Å²) in [5.41, 5.74) is 1.18. The van der Waals surface area contributed by atoms with Crippen molar-refractivity contribution in [3.8, 4) is 0 Å². The summed E-state index contributed by atoms with van der Waals surface area (Å²) in [4.78, 5) is 0. The molecule has 1 N–H and O–H groups in total. The van der Waals surface area contributed by atoms with Crippen molar-refractivity contribution in [3.05, 3.63) is 30.3 Å². The summed E-state index contributed by atoms with van der Waals surface area (Å²) >= 11 is 0. The maximum absolute atomic E-state index is 6.24. The molecular weight excluding hydrogens is 278 g/mol. The predicted octanol–water partition coefficient (Wildman–Crippen LogP) is 4.80. The van der Waals surface area contributed by atoms with E-state index >= 15 is 0 Å². The maximum Gasteiger partial charge on any atom is 0.338 e. The Bertz CT molecular complexity index is 372. The van der Waals surface area contributed by atoms with Crippen LogP contribution in [0.15, 0.2) is 30.3 Å². The van der Waals surface area contributed by atoms with Gasteiger partial charge < -0.3 is 14.2 Å². The molecule has 0 aromatic heterocycles. The molecule has 120 valence electrons. The van der Waals surface area contributed by atoms with E-state index in [0.717, 1.165) is 25.1 Å². The van der Waals surface area contributed by atoms with Gasteiger partial charge in [0, 0.05) is 24.4 Å². The Balaban J connectivity index is 2.48. The number of rotatable bonds is 10. The molecule has 0 saturated heterocycles. The van der Waals surface area contributed by atoms with E-state index in [1.165, 1.54) is 5.69 Å². The molecule has 0 spiro atoms. The van der Waals surface area contributed by atoms with Crippen LogP contribution in [0.25, 0.3) is 0 Å². The molecule has 0 radical (unpaired) electrons. The minimum Gasteiger partial charge on any atom is -0.392 e. The van der Waals surface area contributed by atoms with Gasteiger partial charge in [-0.1, -0.05) is 25.1 Å². The summed E-state index contributed by atoms with van der Waals surface area (Å²) in [6.45, 7) is 11.6. The Morgan fingerprint density at radius 1 is 1.00 bits per heavy atom. The highest BCUT2D eigenvalue weighted by atomic mass is 28.4. The molecule has 4 heteroatoms. The lowest BCUT2D eigenvalue weighted by Crippen LogP contribution is -2.45.